The summed E-state index contributed by atoms with van der Waals surface area (Å²) in [5.74, 6) is 0.312. The number of nitrogens with one attached hydrogen (secondary N) is 1. The minimum absolute atomic E-state index is 0.0640. The lowest BCUT2D eigenvalue weighted by atomic mass is 10.2. The number of likely N-dealkylation sites (N-methyl/N-ethyl adjacent to an activating group) is 1. The first-order valence-corrected chi connectivity index (χ1v) is 13.8. The first kappa shape index (κ1) is 28.9. The number of pyridine rings is 2. The molecule has 5 heterocycles. The monoisotopic (exact) mass is 603 g/mol. The van der Waals surface area contributed by atoms with Crippen LogP contribution in [0.2, 0.25) is 0 Å². The van der Waals surface area contributed by atoms with E-state index in [2.05, 4.69) is 43.7 Å². The molecule has 0 unspecified atom stereocenters. The molecule has 0 atom stereocenters. The second-order valence-corrected chi connectivity index (χ2v) is 10.4. The van der Waals surface area contributed by atoms with Crippen molar-refractivity contribution in [3.63, 3.8) is 0 Å². The predicted molar refractivity (Wildman–Crippen MR) is 161 cm³/mol. The van der Waals surface area contributed by atoms with E-state index in [0.717, 1.165) is 54.3 Å². The highest BCUT2D eigenvalue weighted by atomic mass is 19.4. The van der Waals surface area contributed by atoms with E-state index in [9.17, 15) is 22.8 Å². The molecular weight excluding hydrogens is 575 g/mol. The van der Waals surface area contributed by atoms with Crippen LogP contribution in [0.3, 0.4) is 0 Å². The number of fused-ring (bicyclic) bond motifs is 1. The Labute approximate surface area is 249 Å². The Balaban J connectivity index is 1.38. The maximum atomic E-state index is 13.4. The highest BCUT2D eigenvalue weighted by Gasteiger charge is 2.31. The fraction of sp³-hybridized carbons (Fsp3) is 0.233. The van der Waals surface area contributed by atoms with Crippen LogP contribution in [-0.4, -0.2) is 67.0 Å². The lowest BCUT2D eigenvalue weighted by Gasteiger charge is -2.34. The molecule has 1 aliphatic heterocycles. The van der Waals surface area contributed by atoms with Crippen LogP contribution >= 0.6 is 0 Å². The molecule has 6 rings (SSSR count). The molecule has 14 heteroatoms. The number of allylic oxidation sites excluding steroid dienone is 1. The molecule has 0 saturated carbocycles. The number of piperazine rings is 1. The summed E-state index contributed by atoms with van der Waals surface area (Å²) in [6, 6.07) is 13.9. The number of hydrogen-bond acceptors (Lipinski definition) is 8. The van der Waals surface area contributed by atoms with E-state index >= 15 is 0 Å². The Morgan fingerprint density at radius 3 is 2.39 bits per heavy atom. The number of aromatic nitrogens is 6. The zero-order valence-electron chi connectivity index (χ0n) is 23.7. The van der Waals surface area contributed by atoms with E-state index in [1.165, 1.54) is 33.8 Å². The molecule has 44 heavy (non-hydrogen) atoms. The summed E-state index contributed by atoms with van der Waals surface area (Å²) in [5, 5.41) is 3.37. The third-order valence-electron chi connectivity index (χ3n) is 7.39. The molecule has 1 N–H and O–H groups in total. The van der Waals surface area contributed by atoms with Crippen LogP contribution in [0.4, 0.5) is 30.5 Å². The highest BCUT2D eigenvalue weighted by Crippen LogP contribution is 2.28. The van der Waals surface area contributed by atoms with Crippen molar-refractivity contribution in [1.82, 2.24) is 33.8 Å². The summed E-state index contributed by atoms with van der Waals surface area (Å²) < 4.78 is 43.7. The van der Waals surface area contributed by atoms with Gasteiger partial charge in [0.25, 0.3) is 11.1 Å². The molecule has 4 aromatic heterocycles. The molecule has 226 valence electrons. The highest BCUT2D eigenvalue weighted by molar-refractivity contribution is 5.77. The first-order chi connectivity index (χ1) is 21.1. The van der Waals surface area contributed by atoms with E-state index in [4.69, 9.17) is 0 Å². The van der Waals surface area contributed by atoms with Gasteiger partial charge >= 0.3 is 6.18 Å². The lowest BCUT2D eigenvalue weighted by molar-refractivity contribution is -0.138. The predicted octanol–water partition coefficient (Wildman–Crippen LogP) is 3.83. The number of alkyl halides is 3. The standard InChI is InChI=1S/C30H28F3N9O2/c1-3-13-41-28(44)23-18-34-29(35-21-8-10-22(11-9-21)39-16-14-38(2)15-17-39)37-27(23)42(41)25-6-4-5-24(36-25)40-19-20(30(31,32)33)7-12-26(40)43/h3-12,18-19H,1,13-17H2,2H3,(H,34,35,37). The number of benzene rings is 1. The fourth-order valence-corrected chi connectivity index (χ4v) is 5.06. The van der Waals surface area contributed by atoms with E-state index in [1.54, 1.807) is 6.07 Å². The number of rotatable bonds is 7. The zero-order chi connectivity index (χ0) is 31.0. The largest absolute Gasteiger partial charge is 0.417 e. The third kappa shape index (κ3) is 5.58. The maximum Gasteiger partial charge on any atom is 0.417 e. The molecular formula is C30H28F3N9O2. The van der Waals surface area contributed by atoms with Crippen LogP contribution in [0.1, 0.15) is 5.56 Å². The topological polar surface area (TPSA) is 106 Å². The fourth-order valence-electron chi connectivity index (χ4n) is 5.06. The third-order valence-corrected chi connectivity index (χ3v) is 7.39. The van der Waals surface area contributed by atoms with Gasteiger partial charge in [-0.25, -0.2) is 19.3 Å². The van der Waals surface area contributed by atoms with E-state index in [0.29, 0.717) is 6.20 Å². The number of anilines is 3. The van der Waals surface area contributed by atoms with Crippen LogP contribution in [0.15, 0.2) is 89.2 Å². The van der Waals surface area contributed by atoms with Crippen LogP contribution < -0.4 is 21.3 Å². The van der Waals surface area contributed by atoms with Crippen molar-refractivity contribution < 1.29 is 13.2 Å². The Morgan fingerprint density at radius 1 is 0.955 bits per heavy atom. The second kappa shape index (κ2) is 11.4. The average molecular weight is 604 g/mol. The average Bonchev–Trinajstić information content (AvgIpc) is 3.28. The Kier molecular flexibility index (Phi) is 7.51. The van der Waals surface area contributed by atoms with Crippen molar-refractivity contribution in [2.24, 2.45) is 0 Å². The summed E-state index contributed by atoms with van der Waals surface area (Å²) >= 11 is 0. The molecule has 5 aromatic rings. The molecule has 1 aromatic carbocycles. The minimum atomic E-state index is -4.65. The van der Waals surface area contributed by atoms with Gasteiger partial charge in [0.2, 0.25) is 5.95 Å². The van der Waals surface area contributed by atoms with Crippen molar-refractivity contribution >= 4 is 28.4 Å². The zero-order valence-corrected chi connectivity index (χ0v) is 23.7. The normalized spacial score (nSPS) is 14.2. The van der Waals surface area contributed by atoms with Crippen LogP contribution in [0.25, 0.3) is 22.7 Å². The van der Waals surface area contributed by atoms with Gasteiger partial charge in [0.1, 0.15) is 11.2 Å². The summed E-state index contributed by atoms with van der Waals surface area (Å²) in [6.07, 6.45) is -1.03. The van der Waals surface area contributed by atoms with Gasteiger partial charge in [0.05, 0.1) is 12.1 Å². The SMILES string of the molecule is C=CCn1c(=O)c2cnc(Nc3ccc(N4CCN(C)CC4)cc3)nc2n1-c1cccc(-n2cc(C(F)(F)F)ccc2=O)n1. The molecule has 11 nitrogen and oxygen atoms in total. The molecule has 0 spiro atoms. The lowest BCUT2D eigenvalue weighted by Crippen LogP contribution is -2.44. The van der Waals surface area contributed by atoms with Crippen LogP contribution in [0.5, 0.6) is 0 Å². The molecule has 1 fully saturated rings. The summed E-state index contributed by atoms with van der Waals surface area (Å²) in [7, 11) is 2.11. The van der Waals surface area contributed by atoms with Gasteiger partial charge in [0.15, 0.2) is 11.5 Å². The second-order valence-electron chi connectivity index (χ2n) is 10.4. The molecule has 0 aliphatic carbocycles. The van der Waals surface area contributed by atoms with Gasteiger partial charge in [-0.2, -0.15) is 18.2 Å². The van der Waals surface area contributed by atoms with Gasteiger partial charge in [0, 0.05) is 56.0 Å². The van der Waals surface area contributed by atoms with Crippen molar-refractivity contribution in [2.45, 2.75) is 12.7 Å². The van der Waals surface area contributed by atoms with Crippen molar-refractivity contribution in [3.8, 4) is 11.6 Å². The first-order valence-electron chi connectivity index (χ1n) is 13.8. The van der Waals surface area contributed by atoms with Gasteiger partial charge in [-0.1, -0.05) is 12.1 Å². The Morgan fingerprint density at radius 2 is 1.68 bits per heavy atom. The molecule has 0 amide bonds. The number of hydrogen-bond donors (Lipinski definition) is 1. The van der Waals surface area contributed by atoms with Gasteiger partial charge in [-0.3, -0.25) is 14.2 Å². The van der Waals surface area contributed by atoms with Gasteiger partial charge in [-0.05, 0) is 49.5 Å². The van der Waals surface area contributed by atoms with Crippen molar-refractivity contribution in [1.29, 1.82) is 0 Å². The van der Waals surface area contributed by atoms with E-state index in [1.807, 2.05) is 24.3 Å². The van der Waals surface area contributed by atoms with Crippen LogP contribution in [0, 0.1) is 0 Å². The van der Waals surface area contributed by atoms with E-state index in [-0.39, 0.29) is 35.2 Å². The van der Waals surface area contributed by atoms with Crippen LogP contribution in [-0.2, 0) is 12.7 Å². The molecule has 0 radical (unpaired) electrons. The minimum Gasteiger partial charge on any atom is -0.369 e. The van der Waals surface area contributed by atoms with Gasteiger partial charge < -0.3 is 15.1 Å². The maximum absolute atomic E-state index is 13.4. The molecule has 0 bridgehead atoms. The quantitative estimate of drug-likeness (QED) is 0.280. The number of halogens is 3. The number of nitrogens with zero attached hydrogens (tertiary/aromatic N) is 8. The molecule has 1 aliphatic rings. The summed E-state index contributed by atoms with van der Waals surface area (Å²) in [6.45, 7) is 7.69. The smallest absolute Gasteiger partial charge is 0.369 e. The summed E-state index contributed by atoms with van der Waals surface area (Å²) in [5.41, 5.74) is -0.0435. The Bertz CT molecular complexity index is 1950. The summed E-state index contributed by atoms with van der Waals surface area (Å²) in [4.78, 5) is 43.9. The Hall–Kier alpha value is -5.24. The van der Waals surface area contributed by atoms with E-state index < -0.39 is 22.9 Å². The molecule has 1 saturated heterocycles. The van der Waals surface area contributed by atoms with Crippen molar-refractivity contribution in [3.05, 3.63) is 106 Å². The van der Waals surface area contributed by atoms with Crippen molar-refractivity contribution in [2.75, 3.05) is 43.4 Å². The van der Waals surface area contributed by atoms with Gasteiger partial charge in [-0.15, -0.1) is 6.58 Å².